The van der Waals surface area contributed by atoms with Crippen molar-refractivity contribution in [1.29, 1.82) is 0 Å². The normalized spacial score (nSPS) is 15.5. The van der Waals surface area contributed by atoms with E-state index in [-0.39, 0.29) is 30.1 Å². The highest BCUT2D eigenvalue weighted by molar-refractivity contribution is 5.97. The minimum Gasteiger partial charge on any atom is -0.379 e. The highest BCUT2D eigenvalue weighted by Gasteiger charge is 2.13. The van der Waals surface area contributed by atoms with Crippen molar-refractivity contribution in [1.82, 2.24) is 15.5 Å². The van der Waals surface area contributed by atoms with E-state index in [0.29, 0.717) is 12.1 Å². The van der Waals surface area contributed by atoms with E-state index in [9.17, 15) is 14.0 Å². The van der Waals surface area contributed by atoms with Crippen LogP contribution in [0.25, 0.3) is 5.57 Å². The van der Waals surface area contributed by atoms with E-state index < -0.39 is 0 Å². The van der Waals surface area contributed by atoms with Gasteiger partial charge in [-0.3, -0.25) is 14.5 Å². The molecule has 1 heterocycles. The van der Waals surface area contributed by atoms with Gasteiger partial charge >= 0.3 is 0 Å². The van der Waals surface area contributed by atoms with Crippen LogP contribution in [-0.2, 0) is 14.3 Å². The lowest BCUT2D eigenvalue weighted by molar-refractivity contribution is -0.124. The summed E-state index contributed by atoms with van der Waals surface area (Å²) in [6.45, 7) is 10.1. The van der Waals surface area contributed by atoms with E-state index in [1.54, 1.807) is 19.1 Å². The van der Waals surface area contributed by atoms with Gasteiger partial charge in [0.25, 0.3) is 0 Å². The lowest BCUT2D eigenvalue weighted by Crippen LogP contribution is -2.43. The number of halogens is 1. The van der Waals surface area contributed by atoms with E-state index in [1.807, 2.05) is 13.8 Å². The van der Waals surface area contributed by atoms with Crippen molar-refractivity contribution in [2.45, 2.75) is 20.8 Å². The van der Waals surface area contributed by atoms with Gasteiger partial charge in [-0.15, -0.1) is 0 Å². The Morgan fingerprint density at radius 1 is 1.25 bits per heavy atom. The number of rotatable bonds is 8. The van der Waals surface area contributed by atoms with Crippen molar-refractivity contribution >= 4 is 17.4 Å². The molecule has 7 heteroatoms. The molecule has 1 aliphatic rings. The zero-order chi connectivity index (χ0) is 20.5. The second-order valence-corrected chi connectivity index (χ2v) is 7.24. The molecule has 0 aliphatic carbocycles. The quantitative estimate of drug-likeness (QED) is 0.663. The minimum absolute atomic E-state index is 0.0771. The van der Waals surface area contributed by atoms with Crippen LogP contribution in [0.4, 0.5) is 4.39 Å². The topological polar surface area (TPSA) is 70.7 Å². The average Bonchev–Trinajstić information content (AvgIpc) is 2.67. The van der Waals surface area contributed by atoms with Gasteiger partial charge in [0.2, 0.25) is 11.8 Å². The lowest BCUT2D eigenvalue weighted by atomic mass is 9.93. The van der Waals surface area contributed by atoms with E-state index in [1.165, 1.54) is 12.1 Å². The molecular formula is C21H30FN3O3. The molecule has 0 aromatic heterocycles. The number of aryl methyl sites for hydroxylation is 1. The first-order valence-corrected chi connectivity index (χ1v) is 9.69. The zero-order valence-electron chi connectivity index (χ0n) is 16.9. The standard InChI is InChI=1S/C21H30FN3O3/c1-15(2)18(17-4-5-19(22)16(3)12-17)13-20(26)24-14-21(27)23-6-7-25-8-10-28-11-9-25/h4-5,12-13,15H,6-11,14H2,1-3H3,(H,23,27)(H,24,26)/b18-13+. The van der Waals surface area contributed by atoms with Crippen molar-refractivity contribution in [3.05, 3.63) is 41.2 Å². The molecule has 6 nitrogen and oxygen atoms in total. The van der Waals surface area contributed by atoms with Crippen LogP contribution in [0.1, 0.15) is 25.0 Å². The molecule has 154 valence electrons. The van der Waals surface area contributed by atoms with Gasteiger partial charge in [-0.1, -0.05) is 19.9 Å². The molecule has 1 fully saturated rings. The Morgan fingerprint density at radius 3 is 2.61 bits per heavy atom. The maximum Gasteiger partial charge on any atom is 0.244 e. The molecular weight excluding hydrogens is 361 g/mol. The summed E-state index contributed by atoms with van der Waals surface area (Å²) < 4.78 is 18.8. The van der Waals surface area contributed by atoms with E-state index in [0.717, 1.165) is 44.0 Å². The lowest BCUT2D eigenvalue weighted by Gasteiger charge is -2.26. The largest absolute Gasteiger partial charge is 0.379 e. The molecule has 2 N–H and O–H groups in total. The number of nitrogens with one attached hydrogen (secondary N) is 2. The molecule has 2 rings (SSSR count). The molecule has 0 bridgehead atoms. The summed E-state index contributed by atoms with van der Waals surface area (Å²) in [5.74, 6) is -0.754. The number of benzene rings is 1. The second kappa shape index (κ2) is 10.9. The van der Waals surface area contributed by atoms with Crippen molar-refractivity contribution in [2.75, 3.05) is 45.9 Å². The predicted octanol–water partition coefficient (Wildman–Crippen LogP) is 1.74. The van der Waals surface area contributed by atoms with Crippen LogP contribution in [0.5, 0.6) is 0 Å². The minimum atomic E-state index is -0.339. The first kappa shape index (κ1) is 22.0. The van der Waals surface area contributed by atoms with Gasteiger partial charge in [-0.05, 0) is 41.7 Å². The highest BCUT2D eigenvalue weighted by Crippen LogP contribution is 2.24. The van der Waals surface area contributed by atoms with Crippen molar-refractivity contribution in [3.8, 4) is 0 Å². The summed E-state index contributed by atoms with van der Waals surface area (Å²) in [5.41, 5.74) is 2.14. The molecule has 1 saturated heterocycles. The Labute approximate surface area is 166 Å². The number of carbonyl (C=O) groups excluding carboxylic acids is 2. The molecule has 0 unspecified atom stereocenters. The predicted molar refractivity (Wildman–Crippen MR) is 107 cm³/mol. The molecule has 1 aliphatic heterocycles. The van der Waals surface area contributed by atoms with Crippen LogP contribution in [0.2, 0.25) is 0 Å². The summed E-state index contributed by atoms with van der Waals surface area (Å²) in [5, 5.41) is 5.43. The molecule has 1 aromatic carbocycles. The number of carbonyl (C=O) groups is 2. The number of amides is 2. The van der Waals surface area contributed by atoms with Gasteiger partial charge in [0.05, 0.1) is 19.8 Å². The van der Waals surface area contributed by atoms with Crippen molar-refractivity contribution in [2.24, 2.45) is 5.92 Å². The van der Waals surface area contributed by atoms with Crippen molar-refractivity contribution < 1.29 is 18.7 Å². The maximum atomic E-state index is 13.5. The fraction of sp³-hybridized carbons (Fsp3) is 0.524. The Morgan fingerprint density at radius 2 is 1.96 bits per heavy atom. The van der Waals surface area contributed by atoms with E-state index in [4.69, 9.17) is 4.74 Å². The van der Waals surface area contributed by atoms with Crippen LogP contribution in [-0.4, -0.2) is 62.7 Å². The van der Waals surface area contributed by atoms with Crippen LogP contribution in [0.15, 0.2) is 24.3 Å². The zero-order valence-corrected chi connectivity index (χ0v) is 16.9. The Bertz CT molecular complexity index is 713. The van der Waals surface area contributed by atoms with Gasteiger partial charge in [-0.25, -0.2) is 4.39 Å². The monoisotopic (exact) mass is 391 g/mol. The Balaban J connectivity index is 1.82. The van der Waals surface area contributed by atoms with Crippen LogP contribution < -0.4 is 10.6 Å². The molecule has 0 saturated carbocycles. The van der Waals surface area contributed by atoms with Gasteiger partial charge in [0.1, 0.15) is 5.82 Å². The SMILES string of the molecule is Cc1cc(/C(=C/C(=O)NCC(=O)NCCN2CCOCC2)C(C)C)ccc1F. The number of hydrogen-bond donors (Lipinski definition) is 2. The number of morpholine rings is 1. The Hall–Kier alpha value is -2.25. The van der Waals surface area contributed by atoms with Gasteiger partial charge < -0.3 is 15.4 Å². The summed E-state index contributed by atoms with van der Waals surface area (Å²) in [7, 11) is 0. The summed E-state index contributed by atoms with van der Waals surface area (Å²) in [6, 6.07) is 4.80. The molecule has 2 amide bonds. The molecule has 0 spiro atoms. The third kappa shape index (κ3) is 7.05. The number of hydrogen-bond acceptors (Lipinski definition) is 4. The smallest absolute Gasteiger partial charge is 0.244 e. The molecule has 0 atom stereocenters. The third-order valence-corrected chi connectivity index (χ3v) is 4.68. The molecule has 0 radical (unpaired) electrons. The molecule has 28 heavy (non-hydrogen) atoms. The maximum absolute atomic E-state index is 13.5. The first-order chi connectivity index (χ1) is 13.4. The van der Waals surface area contributed by atoms with Crippen molar-refractivity contribution in [3.63, 3.8) is 0 Å². The van der Waals surface area contributed by atoms with E-state index in [2.05, 4.69) is 15.5 Å². The van der Waals surface area contributed by atoms with Gasteiger partial charge in [0, 0.05) is 32.3 Å². The highest BCUT2D eigenvalue weighted by atomic mass is 19.1. The molecule has 1 aromatic rings. The van der Waals surface area contributed by atoms with Gasteiger partial charge in [-0.2, -0.15) is 0 Å². The third-order valence-electron chi connectivity index (χ3n) is 4.68. The average molecular weight is 391 g/mol. The summed E-state index contributed by atoms with van der Waals surface area (Å²) in [4.78, 5) is 26.4. The number of allylic oxidation sites excluding steroid dienone is 1. The van der Waals surface area contributed by atoms with Crippen LogP contribution in [0.3, 0.4) is 0 Å². The fourth-order valence-corrected chi connectivity index (χ4v) is 3.01. The summed E-state index contributed by atoms with van der Waals surface area (Å²) in [6.07, 6.45) is 1.48. The number of ether oxygens (including phenoxy) is 1. The number of nitrogens with zero attached hydrogens (tertiary/aromatic N) is 1. The fourth-order valence-electron chi connectivity index (χ4n) is 3.01. The second-order valence-electron chi connectivity index (χ2n) is 7.24. The summed E-state index contributed by atoms with van der Waals surface area (Å²) >= 11 is 0. The first-order valence-electron chi connectivity index (χ1n) is 9.69. The van der Waals surface area contributed by atoms with Crippen LogP contribution >= 0.6 is 0 Å². The van der Waals surface area contributed by atoms with Gasteiger partial charge in [0.15, 0.2) is 0 Å². The van der Waals surface area contributed by atoms with E-state index >= 15 is 0 Å². The Kier molecular flexibility index (Phi) is 8.60. The van der Waals surface area contributed by atoms with Crippen LogP contribution in [0, 0.1) is 18.7 Å².